The molecule has 0 saturated carbocycles. The molecule has 0 radical (unpaired) electrons. The van der Waals surface area contributed by atoms with Crippen molar-refractivity contribution in [3.05, 3.63) is 0 Å². The van der Waals surface area contributed by atoms with Crippen LogP contribution in [0.1, 0.15) is 6.92 Å². The van der Waals surface area contributed by atoms with E-state index in [0.29, 0.717) is 0 Å². The highest BCUT2D eigenvalue weighted by atomic mass is 28.3. The number of halogens is 3. The topological polar surface area (TPSA) is 18.5 Å². The normalized spacial score (nSPS) is 10.9. The second-order valence-corrected chi connectivity index (χ2v) is 3.90. The molecule has 0 heterocycles. The van der Waals surface area contributed by atoms with Gasteiger partial charge in [0, 0.05) is 21.1 Å². The van der Waals surface area contributed by atoms with Crippen LogP contribution in [0.5, 0.6) is 0 Å². The first-order valence-electron chi connectivity index (χ1n) is 2.93. The summed E-state index contributed by atoms with van der Waals surface area (Å²) in [4.78, 5) is 0. The van der Waals surface area contributed by atoms with Crippen LogP contribution in [0, 0.1) is 0 Å². The van der Waals surface area contributed by atoms with Gasteiger partial charge in [0.1, 0.15) is 0 Å². The zero-order valence-corrected chi connectivity index (χ0v) is 8.18. The van der Waals surface area contributed by atoms with Gasteiger partial charge in [0.15, 0.2) is 0 Å². The minimum absolute atomic E-state index is 0.188. The Kier molecular flexibility index (Phi) is 8.14. The molecule has 0 aliphatic rings. The van der Waals surface area contributed by atoms with E-state index < -0.39 is 15.5 Å². The molecule has 0 amide bonds. The van der Waals surface area contributed by atoms with Crippen LogP contribution < -0.4 is 0 Å². The van der Waals surface area contributed by atoms with E-state index in [-0.39, 0.29) is 6.92 Å². The molecule has 2 nitrogen and oxygen atoms in total. The van der Waals surface area contributed by atoms with E-state index in [9.17, 15) is 13.2 Å². The molecule has 0 spiro atoms. The van der Waals surface area contributed by atoms with Crippen molar-refractivity contribution in [1.82, 2.24) is 0 Å². The van der Waals surface area contributed by atoms with E-state index in [2.05, 4.69) is 0 Å². The van der Waals surface area contributed by atoms with Gasteiger partial charge in [-0.15, -0.1) is 0 Å². The lowest BCUT2D eigenvalue weighted by molar-refractivity contribution is -0.110. The molecule has 0 fully saturated rings. The maximum Gasteiger partial charge on any atom is 0.386 e. The van der Waals surface area contributed by atoms with Gasteiger partial charge in [-0.3, -0.25) is 0 Å². The van der Waals surface area contributed by atoms with Gasteiger partial charge in [-0.25, -0.2) is 0 Å². The summed E-state index contributed by atoms with van der Waals surface area (Å²) in [5.74, 6) is 0. The van der Waals surface area contributed by atoms with Gasteiger partial charge in [0.2, 0.25) is 0 Å². The molecule has 0 rings (SSSR count). The van der Waals surface area contributed by atoms with Crippen LogP contribution in [0.15, 0.2) is 0 Å². The number of rotatable bonds is 2. The monoisotopic (exact) mass is 190 g/mol. The third kappa shape index (κ3) is 40.5. The number of hydrogen-bond donors (Lipinski definition) is 0. The van der Waals surface area contributed by atoms with Crippen molar-refractivity contribution in [3.63, 3.8) is 0 Å². The maximum absolute atomic E-state index is 10.4. The molecular weight excluding hydrogens is 177 g/mol. The average Bonchev–Trinajstić information content (AvgIpc) is 1.83. The Hall–Kier alpha value is -0.0731. The summed E-state index contributed by atoms with van der Waals surface area (Å²) in [7, 11) is 2.17. The van der Waals surface area contributed by atoms with Crippen LogP contribution in [0.2, 0.25) is 6.55 Å². The second-order valence-electron chi connectivity index (χ2n) is 1.82. The second kappa shape index (κ2) is 6.63. The predicted molar refractivity (Wildman–Crippen MR) is 38.8 cm³/mol. The van der Waals surface area contributed by atoms with Gasteiger partial charge < -0.3 is 8.85 Å². The van der Waals surface area contributed by atoms with Crippen molar-refractivity contribution >= 4 is 9.28 Å². The average molecular weight is 190 g/mol. The zero-order chi connectivity index (χ0) is 9.49. The largest absolute Gasteiger partial charge is 0.400 e. The summed E-state index contributed by atoms with van der Waals surface area (Å²) in [5.41, 5.74) is 0. The minimum atomic E-state index is -4.00. The number of hydrogen-bond acceptors (Lipinski definition) is 2. The highest BCUT2D eigenvalue weighted by molar-refractivity contribution is 6.42. The fourth-order valence-corrected chi connectivity index (χ4v) is 0.289. The molecule has 0 atom stereocenters. The molecule has 0 aliphatic heterocycles. The van der Waals surface area contributed by atoms with Crippen molar-refractivity contribution in [1.29, 1.82) is 0 Å². The molecule has 0 N–H and O–H groups in total. The smallest absolute Gasteiger partial charge is 0.386 e. The fourth-order valence-electron chi connectivity index (χ4n) is 0.0962. The highest BCUT2D eigenvalue weighted by Crippen LogP contribution is 2.10. The van der Waals surface area contributed by atoms with Crippen LogP contribution in [0.3, 0.4) is 0 Å². The zero-order valence-electron chi connectivity index (χ0n) is 7.03. The fraction of sp³-hybridized carbons (Fsp3) is 1.00. The standard InChI is InChI=1S/C3H10O2Si.C2H3F3/c1-4-6(3)5-2;1-2(3,4)5/h6H,1-3H3;1H3. The Balaban J connectivity index is 0. The van der Waals surface area contributed by atoms with Crippen molar-refractivity contribution in [2.75, 3.05) is 14.2 Å². The lowest BCUT2D eigenvalue weighted by Gasteiger charge is -2.00. The summed E-state index contributed by atoms with van der Waals surface area (Å²) in [6.45, 7) is 2.16. The van der Waals surface area contributed by atoms with E-state index >= 15 is 0 Å². The van der Waals surface area contributed by atoms with Crippen LogP contribution >= 0.6 is 0 Å². The summed E-state index contributed by atoms with van der Waals surface area (Å²) in [6, 6.07) is 0. The molecule has 0 aromatic heterocycles. The lowest BCUT2D eigenvalue weighted by atomic mass is 10.8. The van der Waals surface area contributed by atoms with Crippen molar-refractivity contribution in [2.45, 2.75) is 19.6 Å². The third-order valence-electron chi connectivity index (χ3n) is 0.664. The molecule has 6 heteroatoms. The van der Waals surface area contributed by atoms with E-state index in [1.807, 2.05) is 6.55 Å². The Bertz CT molecular complexity index is 76.3. The summed E-state index contributed by atoms with van der Waals surface area (Å²) in [5, 5.41) is 0. The van der Waals surface area contributed by atoms with E-state index in [1.54, 1.807) is 14.2 Å². The molecule has 70 valence electrons. The number of alkyl halides is 3. The van der Waals surface area contributed by atoms with Crippen LogP contribution in [0.25, 0.3) is 0 Å². The van der Waals surface area contributed by atoms with E-state index in [0.717, 1.165) is 0 Å². The van der Waals surface area contributed by atoms with Gasteiger partial charge in [-0.2, -0.15) is 13.2 Å². The first kappa shape index (κ1) is 13.5. The summed E-state index contributed by atoms with van der Waals surface area (Å²) >= 11 is 0. The van der Waals surface area contributed by atoms with Crippen LogP contribution in [-0.2, 0) is 8.85 Å². The Morgan fingerprint density at radius 3 is 1.27 bits per heavy atom. The first-order valence-corrected chi connectivity index (χ1v) is 5.03. The van der Waals surface area contributed by atoms with Crippen molar-refractivity contribution in [3.8, 4) is 0 Å². The van der Waals surface area contributed by atoms with Crippen molar-refractivity contribution in [2.24, 2.45) is 0 Å². The molecule has 0 saturated heterocycles. The minimum Gasteiger partial charge on any atom is -0.400 e. The summed E-state index contributed by atoms with van der Waals surface area (Å²) in [6.07, 6.45) is -4.00. The van der Waals surface area contributed by atoms with E-state index in [4.69, 9.17) is 8.85 Å². The van der Waals surface area contributed by atoms with Gasteiger partial charge in [0.05, 0.1) is 0 Å². The Morgan fingerprint density at radius 1 is 1.09 bits per heavy atom. The molecule has 11 heavy (non-hydrogen) atoms. The quantitative estimate of drug-likeness (QED) is 0.617. The van der Waals surface area contributed by atoms with Gasteiger partial charge in [-0.05, 0) is 6.55 Å². The first-order chi connectivity index (χ1) is 4.81. The maximum atomic E-state index is 10.4. The molecular formula is C5H13F3O2Si. The van der Waals surface area contributed by atoms with E-state index in [1.165, 1.54) is 0 Å². The van der Waals surface area contributed by atoms with Crippen LogP contribution in [0.4, 0.5) is 13.2 Å². The third-order valence-corrected chi connectivity index (χ3v) is 1.99. The SMILES string of the molecule is CC(F)(F)F.CO[SiH](C)OC. The molecule has 0 bridgehead atoms. The predicted octanol–water partition coefficient (Wildman–Crippen LogP) is 1.70. The van der Waals surface area contributed by atoms with Gasteiger partial charge in [-0.1, -0.05) is 0 Å². The lowest BCUT2D eigenvalue weighted by Crippen LogP contribution is -2.12. The molecule has 0 aliphatic carbocycles. The van der Waals surface area contributed by atoms with Crippen LogP contribution in [-0.4, -0.2) is 29.7 Å². The van der Waals surface area contributed by atoms with Gasteiger partial charge in [0.25, 0.3) is 0 Å². The molecule has 0 unspecified atom stereocenters. The Morgan fingerprint density at radius 2 is 1.27 bits per heavy atom. The molecule has 0 aromatic carbocycles. The molecule has 0 aromatic rings. The summed E-state index contributed by atoms with van der Waals surface area (Å²) < 4.78 is 40.7. The highest BCUT2D eigenvalue weighted by Gasteiger charge is 2.15. The Labute approximate surface area is 66.2 Å². The van der Waals surface area contributed by atoms with Crippen molar-refractivity contribution < 1.29 is 22.0 Å². The van der Waals surface area contributed by atoms with Gasteiger partial charge >= 0.3 is 15.5 Å².